The molecule has 0 heterocycles. The van der Waals surface area contributed by atoms with E-state index in [1.807, 2.05) is 74.2 Å². The molecule has 0 saturated heterocycles. The zero-order valence-corrected chi connectivity index (χ0v) is 15.3. The first-order valence-corrected chi connectivity index (χ1v) is 8.40. The maximum absolute atomic E-state index is 12.2. The fraction of sp³-hybridized carbons (Fsp3) is 0.316. The number of halogens is 1. The molecule has 0 aliphatic carbocycles. The Labute approximate surface area is 146 Å². The Kier molecular flexibility index (Phi) is 5.83. The molecule has 2 aromatic rings. The first-order valence-electron chi connectivity index (χ1n) is 7.60. The lowest BCUT2D eigenvalue weighted by molar-refractivity contribution is -0.153. The molecule has 0 aliphatic heterocycles. The van der Waals surface area contributed by atoms with Crippen LogP contribution >= 0.6 is 15.9 Å². The third-order valence-electron chi connectivity index (χ3n) is 3.18. The molecule has 0 unspecified atom stereocenters. The fourth-order valence-electron chi connectivity index (χ4n) is 2.24. The van der Waals surface area contributed by atoms with Gasteiger partial charge >= 0.3 is 5.97 Å². The van der Waals surface area contributed by atoms with Gasteiger partial charge in [0.15, 0.2) is 0 Å². The number of para-hydroxylation sites is 1. The number of esters is 1. The van der Waals surface area contributed by atoms with E-state index in [2.05, 4.69) is 22.0 Å². The minimum atomic E-state index is -0.479. The van der Waals surface area contributed by atoms with Gasteiger partial charge in [-0.2, -0.15) is 0 Å². The van der Waals surface area contributed by atoms with Crippen LogP contribution < -0.4 is 4.90 Å². The average molecular weight is 376 g/mol. The predicted molar refractivity (Wildman–Crippen MR) is 97.5 cm³/mol. The molecule has 2 aromatic carbocycles. The van der Waals surface area contributed by atoms with Gasteiger partial charge in [0.2, 0.25) is 0 Å². The molecule has 3 nitrogen and oxygen atoms in total. The smallest absolute Gasteiger partial charge is 0.326 e. The number of carbonyl (C=O) groups is 1. The molecule has 0 radical (unpaired) electrons. The summed E-state index contributed by atoms with van der Waals surface area (Å²) in [4.78, 5) is 14.3. The van der Waals surface area contributed by atoms with E-state index in [0.29, 0.717) is 6.54 Å². The van der Waals surface area contributed by atoms with E-state index in [1.165, 1.54) is 0 Å². The minimum Gasteiger partial charge on any atom is -0.459 e. The normalized spacial score (nSPS) is 11.1. The van der Waals surface area contributed by atoms with Crippen LogP contribution in [0.4, 0.5) is 5.69 Å². The predicted octanol–water partition coefficient (Wildman–Crippen LogP) is 4.80. The summed E-state index contributed by atoms with van der Waals surface area (Å²) in [6.45, 7) is 6.48. The minimum absolute atomic E-state index is 0.211. The lowest BCUT2D eigenvalue weighted by Crippen LogP contribution is -2.34. The molecular formula is C19H22BrNO2. The molecule has 122 valence electrons. The van der Waals surface area contributed by atoms with Crippen LogP contribution in [0.3, 0.4) is 0 Å². The molecule has 0 fully saturated rings. The van der Waals surface area contributed by atoms with Crippen LogP contribution in [0, 0.1) is 0 Å². The van der Waals surface area contributed by atoms with Gasteiger partial charge < -0.3 is 9.64 Å². The van der Waals surface area contributed by atoms with Crippen LogP contribution in [0.1, 0.15) is 26.3 Å². The molecule has 4 heteroatoms. The van der Waals surface area contributed by atoms with Crippen molar-refractivity contribution in [3.63, 3.8) is 0 Å². The topological polar surface area (TPSA) is 29.5 Å². The first kappa shape index (κ1) is 17.5. The number of hydrogen-bond acceptors (Lipinski definition) is 3. The monoisotopic (exact) mass is 375 g/mol. The quantitative estimate of drug-likeness (QED) is 0.703. The van der Waals surface area contributed by atoms with E-state index in [9.17, 15) is 4.79 Å². The Hall–Kier alpha value is -1.81. The molecule has 0 aromatic heterocycles. The molecule has 0 spiro atoms. The van der Waals surface area contributed by atoms with E-state index >= 15 is 0 Å². The van der Waals surface area contributed by atoms with Crippen molar-refractivity contribution in [1.29, 1.82) is 0 Å². The Morgan fingerprint density at radius 1 is 1.04 bits per heavy atom. The zero-order chi connectivity index (χ0) is 16.9. The van der Waals surface area contributed by atoms with E-state index in [4.69, 9.17) is 4.74 Å². The highest BCUT2D eigenvalue weighted by molar-refractivity contribution is 9.10. The molecule has 2 rings (SSSR count). The summed E-state index contributed by atoms with van der Waals surface area (Å²) in [5, 5.41) is 0. The highest BCUT2D eigenvalue weighted by Gasteiger charge is 2.20. The second-order valence-corrected chi connectivity index (χ2v) is 7.22. The maximum atomic E-state index is 12.2. The first-order chi connectivity index (χ1) is 10.8. The van der Waals surface area contributed by atoms with Gasteiger partial charge in [-0.05, 0) is 44.5 Å². The molecule has 0 aliphatic rings. The van der Waals surface area contributed by atoms with Crippen molar-refractivity contribution in [2.75, 3.05) is 11.4 Å². The number of carbonyl (C=O) groups excluding carboxylic acids is 1. The summed E-state index contributed by atoms with van der Waals surface area (Å²) >= 11 is 3.57. The van der Waals surface area contributed by atoms with Gasteiger partial charge in [-0.25, -0.2) is 0 Å². The van der Waals surface area contributed by atoms with Crippen molar-refractivity contribution in [2.24, 2.45) is 0 Å². The van der Waals surface area contributed by atoms with Crippen LogP contribution in [0.2, 0.25) is 0 Å². The molecular weight excluding hydrogens is 354 g/mol. The van der Waals surface area contributed by atoms with Crippen molar-refractivity contribution in [1.82, 2.24) is 0 Å². The summed E-state index contributed by atoms with van der Waals surface area (Å²) in [5.74, 6) is -0.228. The number of benzene rings is 2. The number of ether oxygens (including phenoxy) is 1. The lowest BCUT2D eigenvalue weighted by Gasteiger charge is -2.27. The second-order valence-electron chi connectivity index (χ2n) is 6.37. The third-order valence-corrected chi connectivity index (χ3v) is 3.95. The molecule has 0 saturated carbocycles. The summed E-state index contributed by atoms with van der Waals surface area (Å²) in [7, 11) is 0. The highest BCUT2D eigenvalue weighted by atomic mass is 79.9. The van der Waals surface area contributed by atoms with E-state index in [1.54, 1.807) is 0 Å². The number of rotatable bonds is 5. The Morgan fingerprint density at radius 2 is 1.65 bits per heavy atom. The Bertz CT molecular complexity index is 650. The summed E-state index contributed by atoms with van der Waals surface area (Å²) < 4.78 is 6.50. The maximum Gasteiger partial charge on any atom is 0.326 e. The van der Waals surface area contributed by atoms with Crippen molar-refractivity contribution < 1.29 is 9.53 Å². The van der Waals surface area contributed by atoms with Crippen molar-refractivity contribution in [3.05, 3.63) is 64.6 Å². The van der Waals surface area contributed by atoms with Gasteiger partial charge in [0.05, 0.1) is 0 Å². The van der Waals surface area contributed by atoms with E-state index < -0.39 is 5.60 Å². The molecule has 23 heavy (non-hydrogen) atoms. The van der Waals surface area contributed by atoms with E-state index in [0.717, 1.165) is 15.7 Å². The van der Waals surface area contributed by atoms with Gasteiger partial charge in [-0.3, -0.25) is 4.79 Å². The van der Waals surface area contributed by atoms with Gasteiger partial charge in [0.1, 0.15) is 12.1 Å². The van der Waals surface area contributed by atoms with Crippen molar-refractivity contribution in [3.8, 4) is 0 Å². The Balaban J connectivity index is 2.19. The molecule has 0 bridgehead atoms. The van der Waals surface area contributed by atoms with Gasteiger partial charge in [-0.15, -0.1) is 0 Å². The van der Waals surface area contributed by atoms with Crippen LogP contribution in [0.15, 0.2) is 59.1 Å². The van der Waals surface area contributed by atoms with Gasteiger partial charge in [-0.1, -0.05) is 52.3 Å². The van der Waals surface area contributed by atoms with Crippen LogP contribution in [-0.4, -0.2) is 18.1 Å². The molecule has 0 N–H and O–H groups in total. The lowest BCUT2D eigenvalue weighted by atomic mass is 10.2. The molecule has 0 atom stereocenters. The Morgan fingerprint density at radius 3 is 2.26 bits per heavy atom. The van der Waals surface area contributed by atoms with Crippen molar-refractivity contribution in [2.45, 2.75) is 32.9 Å². The van der Waals surface area contributed by atoms with Gasteiger partial charge in [0, 0.05) is 16.7 Å². The van der Waals surface area contributed by atoms with Gasteiger partial charge in [0.25, 0.3) is 0 Å². The third kappa shape index (κ3) is 5.71. The average Bonchev–Trinajstić information content (AvgIpc) is 2.48. The highest BCUT2D eigenvalue weighted by Crippen LogP contribution is 2.22. The largest absolute Gasteiger partial charge is 0.459 e. The van der Waals surface area contributed by atoms with Crippen molar-refractivity contribution >= 4 is 27.6 Å². The van der Waals surface area contributed by atoms with Crippen LogP contribution in [0.5, 0.6) is 0 Å². The van der Waals surface area contributed by atoms with E-state index in [-0.39, 0.29) is 12.5 Å². The molecule has 0 amide bonds. The summed E-state index contributed by atoms with van der Waals surface area (Å²) in [6, 6.07) is 17.9. The fourth-order valence-corrected chi connectivity index (χ4v) is 2.65. The zero-order valence-electron chi connectivity index (χ0n) is 13.8. The SMILES string of the molecule is CC(C)(C)OC(=O)CN(Cc1ccccc1Br)c1ccccc1. The standard InChI is InChI=1S/C19H22BrNO2/c1-19(2,3)23-18(22)14-21(16-10-5-4-6-11-16)13-15-9-7-8-12-17(15)20/h4-12H,13-14H2,1-3H3. The number of anilines is 1. The van der Waals surface area contributed by atoms with Crippen LogP contribution in [0.25, 0.3) is 0 Å². The summed E-state index contributed by atoms with van der Waals surface area (Å²) in [5.41, 5.74) is 1.64. The number of nitrogens with zero attached hydrogens (tertiary/aromatic N) is 1. The summed E-state index contributed by atoms with van der Waals surface area (Å²) in [6.07, 6.45) is 0. The second kappa shape index (κ2) is 7.64. The number of hydrogen-bond donors (Lipinski definition) is 0. The van der Waals surface area contributed by atoms with Crippen LogP contribution in [-0.2, 0) is 16.1 Å².